The lowest BCUT2D eigenvalue weighted by Gasteiger charge is -2.22. The van der Waals surface area contributed by atoms with Crippen molar-refractivity contribution in [1.29, 1.82) is 0 Å². The Labute approximate surface area is 76.6 Å². The third-order valence-electron chi connectivity index (χ3n) is 1.84. The van der Waals surface area contributed by atoms with Gasteiger partial charge in [0, 0.05) is 6.04 Å². The van der Waals surface area contributed by atoms with Crippen molar-refractivity contribution in [3.05, 3.63) is 0 Å². The molecule has 1 fully saturated rings. The van der Waals surface area contributed by atoms with Gasteiger partial charge in [0.15, 0.2) is 0 Å². The Morgan fingerprint density at radius 3 is 2.69 bits per heavy atom. The van der Waals surface area contributed by atoms with E-state index in [2.05, 4.69) is 15.2 Å². The molecule has 1 atom stereocenters. The highest BCUT2D eigenvalue weighted by Gasteiger charge is 2.16. The number of rotatable bonds is 2. The van der Waals surface area contributed by atoms with E-state index in [-0.39, 0.29) is 6.04 Å². The van der Waals surface area contributed by atoms with Crippen LogP contribution in [0.5, 0.6) is 0 Å². The zero-order chi connectivity index (χ0) is 9.68. The lowest BCUT2D eigenvalue weighted by atomic mass is 10.1. The summed E-state index contributed by atoms with van der Waals surface area (Å²) in [5.41, 5.74) is 0. The number of hydrogen-bond acceptors (Lipinski definition) is 4. The first-order valence-corrected chi connectivity index (χ1v) is 5.37. The fourth-order valence-electron chi connectivity index (χ4n) is 1.24. The van der Waals surface area contributed by atoms with Crippen LogP contribution in [-0.2, 0) is 9.09 Å². The molecule has 0 bridgehead atoms. The summed E-state index contributed by atoms with van der Waals surface area (Å²) in [7, 11) is -3.16. The molecule has 0 saturated carbocycles. The highest BCUT2D eigenvalue weighted by molar-refractivity contribution is 7.32. The summed E-state index contributed by atoms with van der Waals surface area (Å²) in [6, 6.07) is 0.0510. The van der Waals surface area contributed by atoms with Gasteiger partial charge in [-0.15, -0.1) is 0 Å². The predicted octanol–water partition coefficient (Wildman–Crippen LogP) is -0.153. The molecule has 0 aliphatic carbocycles. The Hall–Kier alpha value is -0.580. The van der Waals surface area contributed by atoms with Crippen LogP contribution in [0, 0.1) is 0 Å². The van der Waals surface area contributed by atoms with E-state index in [9.17, 15) is 9.36 Å². The molecule has 1 aliphatic heterocycles. The van der Waals surface area contributed by atoms with Crippen LogP contribution in [0.1, 0.15) is 12.8 Å². The monoisotopic (exact) mass is 208 g/mol. The van der Waals surface area contributed by atoms with Crippen molar-refractivity contribution in [2.45, 2.75) is 18.9 Å². The number of amides is 1. The molecule has 7 heteroatoms. The summed E-state index contributed by atoms with van der Waals surface area (Å²) in [6.45, 7) is 1.69. The Kier molecular flexibility index (Phi) is 4.21. The minimum atomic E-state index is -3.16. The van der Waals surface area contributed by atoms with Gasteiger partial charge in [0.2, 0.25) is 0 Å². The number of carbonyl (C=O) groups is 1. The molecule has 6 nitrogen and oxygen atoms in total. The van der Waals surface area contributed by atoms with Crippen molar-refractivity contribution >= 4 is 14.3 Å². The maximum absolute atomic E-state index is 10.8. The summed E-state index contributed by atoms with van der Waals surface area (Å²) in [5.74, 6) is 0. The molecule has 0 aromatic rings. The van der Waals surface area contributed by atoms with E-state index in [4.69, 9.17) is 4.89 Å². The molecule has 1 saturated heterocycles. The SMILES string of the molecule is O=C(NC1CCNCC1)O[PH](=O)O. The van der Waals surface area contributed by atoms with E-state index < -0.39 is 14.3 Å². The van der Waals surface area contributed by atoms with Gasteiger partial charge in [-0.3, -0.25) is 0 Å². The van der Waals surface area contributed by atoms with E-state index >= 15 is 0 Å². The van der Waals surface area contributed by atoms with E-state index in [0.717, 1.165) is 25.9 Å². The van der Waals surface area contributed by atoms with Gasteiger partial charge in [-0.05, 0) is 25.9 Å². The summed E-state index contributed by atoms with van der Waals surface area (Å²) < 4.78 is 14.2. The second-order valence-electron chi connectivity index (χ2n) is 2.82. The van der Waals surface area contributed by atoms with Gasteiger partial charge in [-0.25, -0.2) is 9.36 Å². The highest BCUT2D eigenvalue weighted by Crippen LogP contribution is 2.14. The van der Waals surface area contributed by atoms with Crippen molar-refractivity contribution in [3.63, 3.8) is 0 Å². The van der Waals surface area contributed by atoms with Crippen LogP contribution in [0.2, 0.25) is 0 Å². The van der Waals surface area contributed by atoms with Gasteiger partial charge in [-0.1, -0.05) is 0 Å². The topological polar surface area (TPSA) is 87.7 Å². The van der Waals surface area contributed by atoms with Crippen LogP contribution >= 0.6 is 8.25 Å². The van der Waals surface area contributed by atoms with Gasteiger partial charge in [0.05, 0.1) is 0 Å². The smallest absolute Gasteiger partial charge is 0.377 e. The molecule has 1 rings (SSSR count). The minimum Gasteiger partial charge on any atom is -0.377 e. The fraction of sp³-hybridized carbons (Fsp3) is 0.833. The molecule has 1 aliphatic rings. The lowest BCUT2D eigenvalue weighted by Crippen LogP contribution is -2.42. The maximum Gasteiger partial charge on any atom is 0.413 e. The van der Waals surface area contributed by atoms with E-state index in [1.54, 1.807) is 0 Å². The van der Waals surface area contributed by atoms with Crippen molar-refractivity contribution in [2.24, 2.45) is 0 Å². The number of nitrogens with one attached hydrogen (secondary N) is 2. The standard InChI is InChI=1S/C6H13N2O4P/c9-6(12-13(10)11)8-5-1-3-7-4-2-5/h5,7,13H,1-4H2,(H,8,9)(H,10,11). The summed E-state index contributed by atoms with van der Waals surface area (Å²) in [4.78, 5) is 19.1. The Bertz CT molecular complexity index is 205. The van der Waals surface area contributed by atoms with Gasteiger partial charge in [0.1, 0.15) is 0 Å². The first kappa shape index (κ1) is 10.5. The van der Waals surface area contributed by atoms with E-state index in [0.29, 0.717) is 0 Å². The maximum atomic E-state index is 10.8. The minimum absolute atomic E-state index is 0.0510. The van der Waals surface area contributed by atoms with Crippen LogP contribution in [0.25, 0.3) is 0 Å². The van der Waals surface area contributed by atoms with Crippen molar-refractivity contribution in [3.8, 4) is 0 Å². The van der Waals surface area contributed by atoms with Crippen LogP contribution in [0.4, 0.5) is 4.79 Å². The molecule has 13 heavy (non-hydrogen) atoms. The molecule has 1 amide bonds. The van der Waals surface area contributed by atoms with Crippen molar-refractivity contribution in [1.82, 2.24) is 10.6 Å². The Balaban J connectivity index is 2.22. The molecule has 3 N–H and O–H groups in total. The summed E-state index contributed by atoms with van der Waals surface area (Å²) >= 11 is 0. The molecule has 0 aromatic heterocycles. The predicted molar refractivity (Wildman–Crippen MR) is 46.7 cm³/mol. The summed E-state index contributed by atoms with van der Waals surface area (Å²) in [5, 5.41) is 5.65. The lowest BCUT2D eigenvalue weighted by molar-refractivity contribution is 0.190. The highest BCUT2D eigenvalue weighted by atomic mass is 31.1. The number of carbonyl (C=O) groups excluding carboxylic acids is 1. The zero-order valence-electron chi connectivity index (χ0n) is 7.08. The van der Waals surface area contributed by atoms with Gasteiger partial charge < -0.3 is 20.1 Å². The summed E-state index contributed by atoms with van der Waals surface area (Å²) in [6.07, 6.45) is 0.835. The molecule has 1 unspecified atom stereocenters. The molecular formula is C6H13N2O4P. The normalized spacial score (nSPS) is 20.7. The molecule has 0 aromatic carbocycles. The zero-order valence-corrected chi connectivity index (χ0v) is 8.08. The number of piperidine rings is 1. The Morgan fingerprint density at radius 1 is 1.54 bits per heavy atom. The average molecular weight is 208 g/mol. The van der Waals surface area contributed by atoms with Crippen LogP contribution in [0.3, 0.4) is 0 Å². The van der Waals surface area contributed by atoms with Crippen LogP contribution < -0.4 is 10.6 Å². The number of hydrogen-bond donors (Lipinski definition) is 3. The van der Waals surface area contributed by atoms with Gasteiger partial charge in [0.25, 0.3) is 0 Å². The first-order valence-electron chi connectivity index (χ1n) is 4.10. The van der Waals surface area contributed by atoms with Crippen LogP contribution in [0.15, 0.2) is 0 Å². The second-order valence-corrected chi connectivity index (χ2v) is 3.56. The first-order chi connectivity index (χ1) is 6.18. The quantitative estimate of drug-likeness (QED) is 0.549. The Morgan fingerprint density at radius 2 is 2.15 bits per heavy atom. The third kappa shape index (κ3) is 4.26. The van der Waals surface area contributed by atoms with E-state index in [1.165, 1.54) is 0 Å². The van der Waals surface area contributed by atoms with Gasteiger partial charge >= 0.3 is 14.3 Å². The molecule has 76 valence electrons. The van der Waals surface area contributed by atoms with Crippen LogP contribution in [-0.4, -0.2) is 30.1 Å². The fourth-order valence-corrected chi connectivity index (χ4v) is 1.46. The molecule has 0 radical (unpaired) electrons. The largest absolute Gasteiger partial charge is 0.413 e. The molecule has 0 spiro atoms. The molecule has 1 heterocycles. The molecular weight excluding hydrogens is 195 g/mol. The van der Waals surface area contributed by atoms with Crippen molar-refractivity contribution in [2.75, 3.05) is 13.1 Å². The van der Waals surface area contributed by atoms with E-state index in [1.807, 2.05) is 0 Å². The third-order valence-corrected chi connectivity index (χ3v) is 2.20. The van der Waals surface area contributed by atoms with Crippen molar-refractivity contribution < 1.29 is 18.8 Å². The second kappa shape index (κ2) is 5.21. The van der Waals surface area contributed by atoms with Gasteiger partial charge in [-0.2, -0.15) is 0 Å². The average Bonchev–Trinajstić information content (AvgIpc) is 2.04.